The molecule has 0 rings (SSSR count). The Morgan fingerprint density at radius 3 is 2.42 bits per heavy atom. The average molecular weight is 196 g/mol. The van der Waals surface area contributed by atoms with Crippen molar-refractivity contribution in [3.63, 3.8) is 0 Å². The van der Waals surface area contributed by atoms with Gasteiger partial charge >= 0.3 is 5.97 Å². The third-order valence-electron chi connectivity index (χ3n) is 0.987. The maximum atomic E-state index is 10.1. The molecular formula is C6H12O5S. The lowest BCUT2D eigenvalue weighted by Crippen LogP contribution is -2.19. The summed E-state index contributed by atoms with van der Waals surface area (Å²) >= 11 is 3.90. The number of hydrogen-bond acceptors (Lipinski definition) is 5. The van der Waals surface area contributed by atoms with Gasteiger partial charge in [0.15, 0.2) is 6.29 Å². The van der Waals surface area contributed by atoms with E-state index in [0.717, 1.165) is 0 Å². The van der Waals surface area contributed by atoms with E-state index in [-0.39, 0.29) is 19.6 Å². The van der Waals surface area contributed by atoms with Crippen molar-refractivity contribution in [1.82, 2.24) is 0 Å². The predicted octanol–water partition coefficient (Wildman–Crippen LogP) is -0.913. The summed E-state index contributed by atoms with van der Waals surface area (Å²) in [6.45, 7) is -0.135. The van der Waals surface area contributed by atoms with Gasteiger partial charge in [-0.1, -0.05) is 0 Å². The molecule has 0 aliphatic rings. The molecule has 0 aromatic carbocycles. The molecule has 0 bridgehead atoms. The number of aliphatic hydroxyl groups excluding tert-OH is 1. The zero-order valence-corrected chi connectivity index (χ0v) is 7.28. The van der Waals surface area contributed by atoms with Crippen LogP contribution in [-0.4, -0.2) is 46.0 Å². The molecule has 0 heterocycles. The zero-order valence-electron chi connectivity index (χ0n) is 6.38. The van der Waals surface area contributed by atoms with Crippen molar-refractivity contribution in [3.8, 4) is 0 Å². The first-order chi connectivity index (χ1) is 5.52. The van der Waals surface area contributed by atoms with E-state index in [2.05, 4.69) is 12.6 Å². The molecule has 0 saturated heterocycles. The van der Waals surface area contributed by atoms with Gasteiger partial charge in [0.25, 0.3) is 0 Å². The Bertz CT molecular complexity index is 138. The number of ether oxygens (including phenoxy) is 1. The van der Waals surface area contributed by atoms with Gasteiger partial charge in [-0.25, -0.2) is 0 Å². The summed E-state index contributed by atoms with van der Waals surface area (Å²) in [6, 6.07) is 0. The summed E-state index contributed by atoms with van der Waals surface area (Å²) < 4.78 is 4.72. The maximum absolute atomic E-state index is 10.1. The second-order valence-corrected chi connectivity index (χ2v) is 3.00. The Balaban J connectivity index is 3.31. The maximum Gasteiger partial charge on any atom is 0.304 e. The van der Waals surface area contributed by atoms with E-state index in [1.807, 2.05) is 0 Å². The summed E-state index contributed by atoms with van der Waals surface area (Å²) in [7, 11) is 0. The summed E-state index contributed by atoms with van der Waals surface area (Å²) in [6.07, 6.45) is -1.62. The molecule has 12 heavy (non-hydrogen) atoms. The number of carbonyl (C=O) groups is 1. The van der Waals surface area contributed by atoms with Gasteiger partial charge in [-0.05, 0) is 0 Å². The van der Waals surface area contributed by atoms with Crippen molar-refractivity contribution < 1.29 is 24.9 Å². The number of aliphatic carboxylic acids is 1. The van der Waals surface area contributed by atoms with Crippen molar-refractivity contribution in [3.05, 3.63) is 0 Å². The number of thiol groups is 1. The second kappa shape index (κ2) is 6.24. The summed E-state index contributed by atoms with van der Waals surface area (Å²) in [5, 5.41) is 24.5. The molecule has 0 amide bonds. The van der Waals surface area contributed by atoms with Gasteiger partial charge in [0.1, 0.15) is 0 Å². The van der Waals surface area contributed by atoms with Gasteiger partial charge in [0.05, 0.1) is 19.6 Å². The van der Waals surface area contributed by atoms with Crippen molar-refractivity contribution in [2.45, 2.75) is 18.0 Å². The molecule has 3 N–H and O–H groups in total. The number of carboxylic acids is 1. The number of carboxylic acid groups (broad SMARTS) is 1. The van der Waals surface area contributed by atoms with Crippen molar-refractivity contribution >= 4 is 18.6 Å². The first kappa shape index (κ1) is 11.7. The Morgan fingerprint density at radius 1 is 1.42 bits per heavy atom. The van der Waals surface area contributed by atoms with E-state index < -0.39 is 17.5 Å². The van der Waals surface area contributed by atoms with E-state index in [4.69, 9.17) is 20.1 Å². The molecule has 6 heteroatoms. The van der Waals surface area contributed by atoms with Crippen LogP contribution in [0.1, 0.15) is 6.42 Å². The third-order valence-corrected chi connectivity index (χ3v) is 1.32. The van der Waals surface area contributed by atoms with E-state index in [1.165, 1.54) is 0 Å². The summed E-state index contributed by atoms with van der Waals surface area (Å²) in [5.74, 6) is -0.955. The van der Waals surface area contributed by atoms with Crippen LogP contribution in [0.5, 0.6) is 0 Å². The highest BCUT2D eigenvalue weighted by atomic mass is 32.1. The normalized spacial score (nSPS) is 13.3. The molecule has 5 nitrogen and oxygen atoms in total. The number of aliphatic hydroxyl groups is 2. The first-order valence-corrected chi connectivity index (χ1v) is 3.87. The van der Waals surface area contributed by atoms with Crippen LogP contribution < -0.4 is 0 Å². The smallest absolute Gasteiger partial charge is 0.304 e. The van der Waals surface area contributed by atoms with Crippen LogP contribution in [0.2, 0.25) is 0 Å². The van der Waals surface area contributed by atoms with Crippen molar-refractivity contribution in [2.75, 3.05) is 13.2 Å². The Labute approximate surface area is 75.4 Å². The fourth-order valence-corrected chi connectivity index (χ4v) is 0.832. The minimum Gasteiger partial charge on any atom is -0.481 e. The van der Waals surface area contributed by atoms with Crippen molar-refractivity contribution in [2.24, 2.45) is 0 Å². The van der Waals surface area contributed by atoms with Crippen LogP contribution in [0.25, 0.3) is 0 Å². The highest BCUT2D eigenvalue weighted by Gasteiger charge is 2.08. The van der Waals surface area contributed by atoms with E-state index >= 15 is 0 Å². The lowest BCUT2D eigenvalue weighted by Gasteiger charge is -2.09. The molecule has 0 aromatic heterocycles. The topological polar surface area (TPSA) is 87.0 Å². The average Bonchev–Trinajstić information content (AvgIpc) is 1.84. The van der Waals surface area contributed by atoms with Gasteiger partial charge in [0, 0.05) is 5.25 Å². The van der Waals surface area contributed by atoms with Gasteiger partial charge in [-0.15, -0.1) is 0 Å². The Morgan fingerprint density at radius 2 is 2.00 bits per heavy atom. The third kappa shape index (κ3) is 7.80. The lowest BCUT2D eigenvalue weighted by molar-refractivity contribution is -0.137. The monoisotopic (exact) mass is 196 g/mol. The molecular weight excluding hydrogens is 184 g/mol. The minimum atomic E-state index is -1.52. The fraction of sp³-hybridized carbons (Fsp3) is 0.833. The molecule has 0 saturated carbocycles. The first-order valence-electron chi connectivity index (χ1n) is 3.36. The van der Waals surface area contributed by atoms with Crippen LogP contribution in [0.3, 0.4) is 0 Å². The standard InChI is InChI=1S/C6H12O5S/c7-5(8)1-4(12)2-11-3-6(9)10/h4,6,9-10,12H,1-3H2,(H,7,8). The van der Waals surface area contributed by atoms with Crippen molar-refractivity contribution in [1.29, 1.82) is 0 Å². The van der Waals surface area contributed by atoms with E-state index in [1.54, 1.807) is 0 Å². The van der Waals surface area contributed by atoms with Crippen LogP contribution in [0, 0.1) is 0 Å². The Kier molecular flexibility index (Phi) is 6.09. The minimum absolute atomic E-state index is 0.0903. The van der Waals surface area contributed by atoms with Crippen LogP contribution in [-0.2, 0) is 9.53 Å². The molecule has 0 radical (unpaired) electrons. The van der Waals surface area contributed by atoms with Gasteiger partial charge in [0.2, 0.25) is 0 Å². The molecule has 1 unspecified atom stereocenters. The second-order valence-electron chi connectivity index (χ2n) is 2.27. The molecule has 0 fully saturated rings. The molecule has 1 atom stereocenters. The van der Waals surface area contributed by atoms with E-state index in [9.17, 15) is 4.79 Å². The number of hydrogen-bond donors (Lipinski definition) is 4. The molecule has 0 aromatic rings. The van der Waals surface area contributed by atoms with Crippen LogP contribution in [0.15, 0.2) is 0 Å². The largest absolute Gasteiger partial charge is 0.481 e. The molecule has 0 aliphatic carbocycles. The zero-order chi connectivity index (χ0) is 9.56. The van der Waals surface area contributed by atoms with Gasteiger partial charge in [-0.3, -0.25) is 4.79 Å². The summed E-state index contributed by atoms with van der Waals surface area (Å²) in [5.41, 5.74) is 0. The molecule has 0 spiro atoms. The highest BCUT2D eigenvalue weighted by molar-refractivity contribution is 7.81. The molecule has 72 valence electrons. The Hall–Kier alpha value is -0.300. The lowest BCUT2D eigenvalue weighted by atomic mass is 10.3. The quantitative estimate of drug-likeness (QED) is 0.326. The highest BCUT2D eigenvalue weighted by Crippen LogP contribution is 2.01. The predicted molar refractivity (Wildman–Crippen MR) is 44.1 cm³/mol. The van der Waals surface area contributed by atoms with Crippen LogP contribution in [0.4, 0.5) is 0 Å². The molecule has 0 aliphatic heterocycles. The van der Waals surface area contributed by atoms with Gasteiger partial charge in [-0.2, -0.15) is 12.6 Å². The SMILES string of the molecule is O=C(O)CC(S)COCC(O)O. The number of rotatable bonds is 6. The van der Waals surface area contributed by atoms with E-state index in [0.29, 0.717) is 0 Å². The van der Waals surface area contributed by atoms with Crippen LogP contribution >= 0.6 is 12.6 Å². The van der Waals surface area contributed by atoms with Gasteiger partial charge < -0.3 is 20.1 Å². The fourth-order valence-electron chi connectivity index (χ4n) is 0.570. The summed E-state index contributed by atoms with van der Waals surface area (Å²) in [4.78, 5) is 10.1.